The summed E-state index contributed by atoms with van der Waals surface area (Å²) < 4.78 is 7.14. The predicted molar refractivity (Wildman–Crippen MR) is 108 cm³/mol. The summed E-state index contributed by atoms with van der Waals surface area (Å²) >= 11 is 0. The Labute approximate surface area is 167 Å². The number of carbonyl (C=O) groups is 1. The van der Waals surface area contributed by atoms with Gasteiger partial charge in [0, 0.05) is 43.3 Å². The zero-order valence-electron chi connectivity index (χ0n) is 16.1. The minimum absolute atomic E-state index is 0.246. The van der Waals surface area contributed by atoms with Gasteiger partial charge in [-0.15, -0.1) is 0 Å². The van der Waals surface area contributed by atoms with Crippen LogP contribution in [0.3, 0.4) is 0 Å². The van der Waals surface area contributed by atoms with Crippen molar-refractivity contribution in [2.45, 2.75) is 6.54 Å². The van der Waals surface area contributed by atoms with Gasteiger partial charge in [0.15, 0.2) is 0 Å². The normalized spacial score (nSPS) is 10.7. The van der Waals surface area contributed by atoms with Crippen LogP contribution in [0, 0.1) is 0 Å². The number of amides is 1. The van der Waals surface area contributed by atoms with E-state index in [1.54, 1.807) is 36.4 Å². The fourth-order valence-electron chi connectivity index (χ4n) is 3.09. The summed E-state index contributed by atoms with van der Waals surface area (Å²) in [5.74, 6) is 0.452. The zero-order chi connectivity index (χ0) is 20.2. The van der Waals surface area contributed by atoms with Gasteiger partial charge in [-0.05, 0) is 35.9 Å². The number of rotatable bonds is 6. The number of aromatic amines is 1. The molecule has 0 unspecified atom stereocenters. The Balaban J connectivity index is 1.46. The number of H-pyrrole nitrogens is 1. The average Bonchev–Trinajstić information content (AvgIpc) is 3.41. The number of nitrogens with one attached hydrogen (secondary N) is 2. The molecule has 8 nitrogen and oxygen atoms in total. The molecule has 146 valence electrons. The number of hydrogen-bond donors (Lipinski definition) is 2. The SMILES string of the molecule is COc1ccccc1-c1cc(C(=O)NCc2cncc(-c3ccnn3C)c2)[nH]n1. The third-order valence-electron chi connectivity index (χ3n) is 4.57. The lowest BCUT2D eigenvalue weighted by Gasteiger charge is -2.06. The molecule has 0 saturated carbocycles. The van der Waals surface area contributed by atoms with Crippen molar-refractivity contribution in [2.24, 2.45) is 7.05 Å². The molecule has 0 spiro atoms. The number of pyridine rings is 1. The van der Waals surface area contributed by atoms with Gasteiger partial charge in [0.2, 0.25) is 0 Å². The molecular formula is C21H20N6O2. The van der Waals surface area contributed by atoms with Crippen molar-refractivity contribution in [3.63, 3.8) is 0 Å². The number of aryl methyl sites for hydroxylation is 1. The van der Waals surface area contributed by atoms with Crippen LogP contribution in [0.2, 0.25) is 0 Å². The highest BCUT2D eigenvalue weighted by atomic mass is 16.5. The van der Waals surface area contributed by atoms with Gasteiger partial charge in [0.05, 0.1) is 18.5 Å². The van der Waals surface area contributed by atoms with E-state index in [1.165, 1.54) is 0 Å². The van der Waals surface area contributed by atoms with Gasteiger partial charge in [-0.3, -0.25) is 19.6 Å². The smallest absolute Gasteiger partial charge is 0.269 e. The van der Waals surface area contributed by atoms with Crippen molar-refractivity contribution >= 4 is 5.91 Å². The number of carbonyl (C=O) groups excluding carboxylic acids is 1. The van der Waals surface area contributed by atoms with Crippen molar-refractivity contribution in [1.82, 2.24) is 30.3 Å². The lowest BCUT2D eigenvalue weighted by Crippen LogP contribution is -2.23. The molecule has 1 amide bonds. The van der Waals surface area contributed by atoms with Crippen molar-refractivity contribution in [3.05, 3.63) is 72.3 Å². The van der Waals surface area contributed by atoms with E-state index in [4.69, 9.17) is 4.74 Å². The lowest BCUT2D eigenvalue weighted by atomic mass is 10.1. The molecule has 4 rings (SSSR count). The highest BCUT2D eigenvalue weighted by Crippen LogP contribution is 2.28. The molecule has 0 aliphatic carbocycles. The van der Waals surface area contributed by atoms with Gasteiger partial charge >= 0.3 is 0 Å². The molecule has 0 saturated heterocycles. The molecule has 0 aliphatic rings. The molecule has 0 radical (unpaired) electrons. The molecule has 0 bridgehead atoms. The summed E-state index contributed by atoms with van der Waals surface area (Å²) in [6.45, 7) is 0.348. The Hall–Kier alpha value is -3.94. The minimum atomic E-state index is -0.246. The van der Waals surface area contributed by atoms with E-state index in [-0.39, 0.29) is 5.91 Å². The summed E-state index contributed by atoms with van der Waals surface area (Å²) in [6, 6.07) is 13.1. The van der Waals surface area contributed by atoms with E-state index in [1.807, 2.05) is 43.4 Å². The Morgan fingerprint density at radius 2 is 2.07 bits per heavy atom. The maximum atomic E-state index is 12.5. The Kier molecular flexibility index (Phi) is 5.07. The maximum Gasteiger partial charge on any atom is 0.269 e. The number of aromatic nitrogens is 5. The standard InChI is InChI=1S/C21H20N6O2/c1-27-19(7-8-24-27)15-9-14(11-22-13-15)12-23-21(28)18-10-17(25-26-18)16-5-3-4-6-20(16)29-2/h3-11,13H,12H2,1-2H3,(H,23,28)(H,25,26). The average molecular weight is 388 g/mol. The van der Waals surface area contributed by atoms with Gasteiger partial charge in [-0.2, -0.15) is 10.2 Å². The molecule has 0 fully saturated rings. The Bertz CT molecular complexity index is 1150. The molecule has 0 atom stereocenters. The molecule has 1 aromatic carbocycles. The van der Waals surface area contributed by atoms with Gasteiger partial charge in [-0.25, -0.2) is 0 Å². The molecule has 4 aromatic rings. The number of methoxy groups -OCH3 is 1. The van der Waals surface area contributed by atoms with Crippen LogP contribution in [0.25, 0.3) is 22.5 Å². The van der Waals surface area contributed by atoms with Gasteiger partial charge < -0.3 is 10.1 Å². The highest BCUT2D eigenvalue weighted by Gasteiger charge is 2.14. The van der Waals surface area contributed by atoms with Crippen LogP contribution in [0.1, 0.15) is 16.1 Å². The van der Waals surface area contributed by atoms with E-state index in [2.05, 4.69) is 25.6 Å². The molecule has 2 N–H and O–H groups in total. The van der Waals surface area contributed by atoms with Crippen LogP contribution >= 0.6 is 0 Å². The summed E-state index contributed by atoms with van der Waals surface area (Å²) in [6.07, 6.45) is 5.24. The monoisotopic (exact) mass is 388 g/mol. The van der Waals surface area contributed by atoms with Crippen LogP contribution in [0.4, 0.5) is 0 Å². The largest absolute Gasteiger partial charge is 0.496 e. The second-order valence-electron chi connectivity index (χ2n) is 6.47. The molecule has 0 aliphatic heterocycles. The topological polar surface area (TPSA) is 97.7 Å². The third-order valence-corrected chi connectivity index (χ3v) is 4.57. The fraction of sp³-hybridized carbons (Fsp3) is 0.143. The molecule has 8 heteroatoms. The van der Waals surface area contributed by atoms with Gasteiger partial charge in [0.1, 0.15) is 11.4 Å². The maximum absolute atomic E-state index is 12.5. The van der Waals surface area contributed by atoms with Crippen molar-refractivity contribution in [3.8, 4) is 28.3 Å². The number of nitrogens with zero attached hydrogens (tertiary/aromatic N) is 4. The Morgan fingerprint density at radius 1 is 1.21 bits per heavy atom. The summed E-state index contributed by atoms with van der Waals surface area (Å²) in [4.78, 5) is 16.8. The minimum Gasteiger partial charge on any atom is -0.496 e. The van der Waals surface area contributed by atoms with Crippen LogP contribution in [0.15, 0.2) is 61.1 Å². The summed E-state index contributed by atoms with van der Waals surface area (Å²) in [7, 11) is 3.48. The second-order valence-corrected chi connectivity index (χ2v) is 6.47. The third kappa shape index (κ3) is 3.86. The molecule has 3 heterocycles. The van der Waals surface area contributed by atoms with E-state index >= 15 is 0 Å². The number of hydrogen-bond acceptors (Lipinski definition) is 5. The van der Waals surface area contributed by atoms with E-state index < -0.39 is 0 Å². The quantitative estimate of drug-likeness (QED) is 0.529. The summed E-state index contributed by atoms with van der Waals surface area (Å²) in [5.41, 5.74) is 4.63. The van der Waals surface area contributed by atoms with E-state index in [0.29, 0.717) is 23.7 Å². The lowest BCUT2D eigenvalue weighted by molar-refractivity contribution is 0.0946. The van der Waals surface area contributed by atoms with Crippen LogP contribution in [-0.2, 0) is 13.6 Å². The number of ether oxygens (including phenoxy) is 1. The van der Waals surface area contributed by atoms with Crippen molar-refractivity contribution < 1.29 is 9.53 Å². The number of benzene rings is 1. The van der Waals surface area contributed by atoms with Crippen LogP contribution in [0.5, 0.6) is 5.75 Å². The fourth-order valence-corrected chi connectivity index (χ4v) is 3.09. The Morgan fingerprint density at radius 3 is 2.86 bits per heavy atom. The summed E-state index contributed by atoms with van der Waals surface area (Å²) in [5, 5.41) is 14.1. The number of para-hydroxylation sites is 1. The second kappa shape index (κ2) is 7.97. The van der Waals surface area contributed by atoms with Gasteiger partial charge in [0.25, 0.3) is 5.91 Å². The zero-order valence-corrected chi connectivity index (χ0v) is 16.1. The predicted octanol–water partition coefficient (Wildman–Crippen LogP) is 2.81. The molecular weight excluding hydrogens is 368 g/mol. The van der Waals surface area contributed by atoms with Crippen LogP contribution in [-0.4, -0.2) is 38.0 Å². The first kappa shape index (κ1) is 18.4. The first-order chi connectivity index (χ1) is 14.2. The van der Waals surface area contributed by atoms with E-state index in [9.17, 15) is 4.79 Å². The highest BCUT2D eigenvalue weighted by molar-refractivity contribution is 5.93. The molecule has 29 heavy (non-hydrogen) atoms. The first-order valence-corrected chi connectivity index (χ1v) is 9.05. The van der Waals surface area contributed by atoms with E-state index in [0.717, 1.165) is 22.4 Å². The van der Waals surface area contributed by atoms with Crippen LogP contribution < -0.4 is 10.1 Å². The molecule has 3 aromatic heterocycles. The van der Waals surface area contributed by atoms with Crippen molar-refractivity contribution in [2.75, 3.05) is 7.11 Å². The van der Waals surface area contributed by atoms with Crippen molar-refractivity contribution in [1.29, 1.82) is 0 Å². The van der Waals surface area contributed by atoms with Gasteiger partial charge in [-0.1, -0.05) is 12.1 Å². The first-order valence-electron chi connectivity index (χ1n) is 9.05.